The molecule has 1 saturated heterocycles. The lowest BCUT2D eigenvalue weighted by molar-refractivity contribution is -0.139. The van der Waals surface area contributed by atoms with Crippen LogP contribution in [0.1, 0.15) is 29.8 Å². The van der Waals surface area contributed by atoms with Gasteiger partial charge in [-0.15, -0.1) is 0 Å². The molecule has 2 aromatic rings. The molecule has 160 valence electrons. The molecule has 3 rings (SSSR count). The molecule has 0 spiro atoms. The molecule has 0 N–H and O–H groups in total. The summed E-state index contributed by atoms with van der Waals surface area (Å²) in [7, 11) is 1.53. The fourth-order valence-electron chi connectivity index (χ4n) is 3.68. The average Bonchev–Trinajstić information content (AvgIpc) is 2.75. The van der Waals surface area contributed by atoms with Crippen LogP contribution in [0.15, 0.2) is 42.5 Å². The normalized spacial score (nSPS) is 19.4. The van der Waals surface area contributed by atoms with Gasteiger partial charge in [0.2, 0.25) is 0 Å². The molecule has 2 aromatic carbocycles. The summed E-state index contributed by atoms with van der Waals surface area (Å²) in [5, 5.41) is 0. The highest BCUT2D eigenvalue weighted by Gasteiger charge is 2.32. The van der Waals surface area contributed by atoms with E-state index >= 15 is 0 Å². The van der Waals surface area contributed by atoms with Crippen LogP contribution in [0.25, 0.3) is 0 Å². The second kappa shape index (κ2) is 9.71. The van der Waals surface area contributed by atoms with Gasteiger partial charge < -0.3 is 14.4 Å². The third kappa shape index (κ3) is 5.16. The molecule has 1 aliphatic rings. The van der Waals surface area contributed by atoms with E-state index in [1.807, 2.05) is 11.8 Å². The Bertz CT molecular complexity index is 887. The number of ether oxygens (including phenoxy) is 2. The number of carbonyl (C=O) groups is 2. The molecule has 0 aliphatic carbocycles. The molecule has 1 fully saturated rings. The van der Waals surface area contributed by atoms with E-state index in [4.69, 9.17) is 9.47 Å². The molecule has 7 heteroatoms. The summed E-state index contributed by atoms with van der Waals surface area (Å²) in [4.78, 5) is 28.1. The van der Waals surface area contributed by atoms with Crippen molar-refractivity contribution in [3.8, 4) is 11.5 Å². The Morgan fingerprint density at radius 1 is 1.13 bits per heavy atom. The van der Waals surface area contributed by atoms with E-state index in [0.29, 0.717) is 43.0 Å². The predicted molar refractivity (Wildman–Crippen MR) is 111 cm³/mol. The van der Waals surface area contributed by atoms with Crippen LogP contribution in [0, 0.1) is 5.82 Å². The van der Waals surface area contributed by atoms with Gasteiger partial charge in [-0.3, -0.25) is 14.5 Å². The second-order valence-electron chi connectivity index (χ2n) is 7.61. The second-order valence-corrected chi connectivity index (χ2v) is 7.61. The SMILES string of the molecule is COc1ccc(C=O)c(OCC(=O)N2CC(C)N(Cc3ccc(F)cc3)CC2C)c1. The maximum Gasteiger partial charge on any atom is 0.260 e. The van der Waals surface area contributed by atoms with Gasteiger partial charge in [0.15, 0.2) is 12.9 Å². The van der Waals surface area contributed by atoms with E-state index in [9.17, 15) is 14.0 Å². The van der Waals surface area contributed by atoms with Gasteiger partial charge in [0.1, 0.15) is 17.3 Å². The number of hydrogen-bond donors (Lipinski definition) is 0. The Hall–Kier alpha value is -2.93. The quantitative estimate of drug-likeness (QED) is 0.652. The van der Waals surface area contributed by atoms with Crippen LogP contribution in [0.2, 0.25) is 0 Å². The molecule has 0 aromatic heterocycles. The highest BCUT2D eigenvalue weighted by Crippen LogP contribution is 2.24. The molecule has 1 amide bonds. The average molecular weight is 414 g/mol. The number of piperazine rings is 1. The fraction of sp³-hybridized carbons (Fsp3) is 0.391. The van der Waals surface area contributed by atoms with Crippen LogP contribution < -0.4 is 9.47 Å². The molecule has 0 radical (unpaired) electrons. The number of methoxy groups -OCH3 is 1. The first-order valence-corrected chi connectivity index (χ1v) is 9.95. The Morgan fingerprint density at radius 3 is 2.53 bits per heavy atom. The summed E-state index contributed by atoms with van der Waals surface area (Å²) >= 11 is 0. The summed E-state index contributed by atoms with van der Waals surface area (Å²) in [6.07, 6.45) is 0.693. The van der Waals surface area contributed by atoms with Gasteiger partial charge in [-0.25, -0.2) is 4.39 Å². The van der Waals surface area contributed by atoms with E-state index in [-0.39, 0.29) is 30.4 Å². The fourth-order valence-corrected chi connectivity index (χ4v) is 3.68. The number of rotatable bonds is 7. The first-order valence-electron chi connectivity index (χ1n) is 9.95. The Kier molecular flexibility index (Phi) is 7.05. The number of aldehydes is 1. The lowest BCUT2D eigenvalue weighted by Gasteiger charge is -2.44. The van der Waals surface area contributed by atoms with Crippen LogP contribution in [-0.2, 0) is 11.3 Å². The highest BCUT2D eigenvalue weighted by atomic mass is 19.1. The minimum atomic E-state index is -0.246. The molecule has 30 heavy (non-hydrogen) atoms. The molecule has 1 heterocycles. The van der Waals surface area contributed by atoms with Crippen molar-refractivity contribution in [2.45, 2.75) is 32.5 Å². The summed E-state index contributed by atoms with van der Waals surface area (Å²) in [6.45, 7) is 5.92. The topological polar surface area (TPSA) is 59.1 Å². The van der Waals surface area contributed by atoms with Crippen LogP contribution >= 0.6 is 0 Å². The zero-order valence-electron chi connectivity index (χ0n) is 17.5. The van der Waals surface area contributed by atoms with Gasteiger partial charge in [-0.05, 0) is 43.7 Å². The summed E-state index contributed by atoms with van der Waals surface area (Å²) < 4.78 is 23.9. The number of halogens is 1. The number of nitrogens with zero attached hydrogens (tertiary/aromatic N) is 2. The monoisotopic (exact) mass is 414 g/mol. The summed E-state index contributed by atoms with van der Waals surface area (Å²) in [6, 6.07) is 11.5. The van der Waals surface area contributed by atoms with Crippen molar-refractivity contribution in [2.24, 2.45) is 0 Å². The third-order valence-electron chi connectivity index (χ3n) is 5.43. The molecule has 0 bridgehead atoms. The number of carbonyl (C=O) groups excluding carboxylic acids is 2. The maximum atomic E-state index is 13.1. The van der Waals surface area contributed by atoms with Gasteiger partial charge in [0.25, 0.3) is 5.91 Å². The van der Waals surface area contributed by atoms with Gasteiger partial charge in [0, 0.05) is 37.8 Å². The number of benzene rings is 2. The lowest BCUT2D eigenvalue weighted by Crippen LogP contribution is -2.58. The first-order chi connectivity index (χ1) is 14.4. The Balaban J connectivity index is 1.60. The zero-order valence-corrected chi connectivity index (χ0v) is 17.5. The van der Waals surface area contributed by atoms with E-state index in [0.717, 1.165) is 5.56 Å². The van der Waals surface area contributed by atoms with Crippen molar-refractivity contribution in [3.05, 3.63) is 59.4 Å². The van der Waals surface area contributed by atoms with Crippen molar-refractivity contribution in [1.82, 2.24) is 9.80 Å². The van der Waals surface area contributed by atoms with Gasteiger partial charge >= 0.3 is 0 Å². The van der Waals surface area contributed by atoms with Crippen molar-refractivity contribution in [3.63, 3.8) is 0 Å². The van der Waals surface area contributed by atoms with Gasteiger partial charge in [0.05, 0.1) is 12.7 Å². The van der Waals surface area contributed by atoms with Crippen LogP contribution in [0.4, 0.5) is 4.39 Å². The summed E-state index contributed by atoms with van der Waals surface area (Å²) in [5.41, 5.74) is 1.41. The molecular formula is C23H27FN2O4. The first kappa shape index (κ1) is 21.8. The summed E-state index contributed by atoms with van der Waals surface area (Å²) in [5.74, 6) is 0.507. The number of amides is 1. The van der Waals surface area contributed by atoms with Gasteiger partial charge in [-0.1, -0.05) is 12.1 Å². The van der Waals surface area contributed by atoms with Crippen molar-refractivity contribution in [1.29, 1.82) is 0 Å². The predicted octanol–water partition coefficient (Wildman–Crippen LogP) is 3.15. The highest BCUT2D eigenvalue weighted by molar-refractivity contribution is 5.81. The third-order valence-corrected chi connectivity index (χ3v) is 5.43. The molecular weight excluding hydrogens is 387 g/mol. The van der Waals surface area contributed by atoms with E-state index in [1.54, 1.807) is 30.3 Å². The molecule has 2 atom stereocenters. The standard InChI is InChI=1S/C23H27FN2O4/c1-16-12-26(17(2)11-25(16)13-18-4-7-20(24)8-5-18)23(28)15-30-22-10-21(29-3)9-6-19(22)14-27/h4-10,14,16-17H,11-13,15H2,1-3H3. The molecule has 6 nitrogen and oxygen atoms in total. The smallest absolute Gasteiger partial charge is 0.260 e. The van der Waals surface area contributed by atoms with E-state index < -0.39 is 0 Å². The Labute approximate surface area is 176 Å². The zero-order chi connectivity index (χ0) is 21.7. The van der Waals surface area contributed by atoms with Crippen LogP contribution in [0.3, 0.4) is 0 Å². The molecule has 0 saturated carbocycles. The van der Waals surface area contributed by atoms with Crippen LogP contribution in [0.5, 0.6) is 11.5 Å². The van der Waals surface area contributed by atoms with E-state index in [1.165, 1.54) is 19.2 Å². The number of hydrogen-bond acceptors (Lipinski definition) is 5. The maximum absolute atomic E-state index is 13.1. The largest absolute Gasteiger partial charge is 0.497 e. The van der Waals surface area contributed by atoms with Gasteiger partial charge in [-0.2, -0.15) is 0 Å². The van der Waals surface area contributed by atoms with Crippen molar-refractivity contribution >= 4 is 12.2 Å². The Morgan fingerprint density at radius 2 is 1.87 bits per heavy atom. The lowest BCUT2D eigenvalue weighted by atomic mass is 10.1. The minimum Gasteiger partial charge on any atom is -0.497 e. The van der Waals surface area contributed by atoms with Crippen molar-refractivity contribution in [2.75, 3.05) is 26.8 Å². The molecule has 1 aliphatic heterocycles. The van der Waals surface area contributed by atoms with Crippen molar-refractivity contribution < 1.29 is 23.5 Å². The molecule has 2 unspecified atom stereocenters. The minimum absolute atomic E-state index is 0.00796. The van der Waals surface area contributed by atoms with Crippen LogP contribution in [-0.4, -0.2) is 60.9 Å². The van der Waals surface area contributed by atoms with E-state index in [2.05, 4.69) is 11.8 Å².